The van der Waals surface area contributed by atoms with E-state index in [-0.39, 0.29) is 12.5 Å². The lowest BCUT2D eigenvalue weighted by Crippen LogP contribution is -2.18. The predicted molar refractivity (Wildman–Crippen MR) is 116 cm³/mol. The van der Waals surface area contributed by atoms with Crippen molar-refractivity contribution in [2.75, 3.05) is 6.61 Å². The maximum absolute atomic E-state index is 12.2. The van der Waals surface area contributed by atoms with Gasteiger partial charge in [0.25, 0.3) is 0 Å². The van der Waals surface area contributed by atoms with Crippen molar-refractivity contribution in [1.82, 2.24) is 0 Å². The Morgan fingerprint density at radius 3 is 2.25 bits per heavy atom. The topological polar surface area (TPSA) is 35.5 Å². The second kappa shape index (κ2) is 9.07. The van der Waals surface area contributed by atoms with Gasteiger partial charge < -0.3 is 9.47 Å². The van der Waals surface area contributed by atoms with Crippen molar-refractivity contribution in [3.63, 3.8) is 0 Å². The van der Waals surface area contributed by atoms with E-state index in [4.69, 9.17) is 9.47 Å². The highest BCUT2D eigenvalue weighted by molar-refractivity contribution is 9.10. The normalized spacial score (nSPS) is 10.8. The van der Waals surface area contributed by atoms with Crippen molar-refractivity contribution in [3.8, 4) is 22.6 Å². The number of rotatable bonds is 6. The molecule has 3 nitrogen and oxygen atoms in total. The first kappa shape index (κ1) is 20.2. The van der Waals surface area contributed by atoms with E-state index in [1.807, 2.05) is 61.5 Å². The molecule has 0 aliphatic heterocycles. The van der Waals surface area contributed by atoms with Crippen LogP contribution >= 0.6 is 15.9 Å². The van der Waals surface area contributed by atoms with E-state index in [1.165, 1.54) is 0 Å². The predicted octanol–water partition coefficient (Wildman–Crippen LogP) is 6.53. The summed E-state index contributed by atoms with van der Waals surface area (Å²) in [5.74, 6) is 1.08. The Morgan fingerprint density at radius 2 is 1.61 bits per heavy atom. The minimum absolute atomic E-state index is 0.138. The zero-order valence-corrected chi connectivity index (χ0v) is 17.8. The molecule has 0 spiro atoms. The standard InChI is InChI=1S/C24H23BrO3/c1-16(2)21-14-22(25)17(3)13-23(21)27-15-24(26)28-20-11-9-19(10-12-20)18-7-5-4-6-8-18/h4-14,16H,15H2,1-3H3. The summed E-state index contributed by atoms with van der Waals surface area (Å²) in [6.07, 6.45) is 0. The molecule has 4 heteroatoms. The summed E-state index contributed by atoms with van der Waals surface area (Å²) in [4.78, 5) is 12.2. The van der Waals surface area contributed by atoms with Crippen molar-refractivity contribution in [3.05, 3.63) is 82.3 Å². The first-order valence-electron chi connectivity index (χ1n) is 9.23. The second-order valence-corrected chi connectivity index (χ2v) is 7.80. The van der Waals surface area contributed by atoms with Gasteiger partial charge in [0.15, 0.2) is 6.61 Å². The average molecular weight is 439 g/mol. The highest BCUT2D eigenvalue weighted by Gasteiger charge is 2.13. The van der Waals surface area contributed by atoms with Crippen molar-refractivity contribution >= 4 is 21.9 Å². The molecule has 3 rings (SSSR count). The van der Waals surface area contributed by atoms with Crippen LogP contribution in [0.25, 0.3) is 11.1 Å². The molecule has 28 heavy (non-hydrogen) atoms. The van der Waals surface area contributed by atoms with Gasteiger partial charge in [0.05, 0.1) is 0 Å². The molecule has 0 saturated carbocycles. The fourth-order valence-corrected chi connectivity index (χ4v) is 3.25. The van der Waals surface area contributed by atoms with Crippen molar-refractivity contribution < 1.29 is 14.3 Å². The summed E-state index contributed by atoms with van der Waals surface area (Å²) >= 11 is 3.55. The van der Waals surface area contributed by atoms with Crippen LogP contribution in [0, 0.1) is 6.92 Å². The molecule has 3 aromatic rings. The summed E-state index contributed by atoms with van der Waals surface area (Å²) in [7, 11) is 0. The van der Waals surface area contributed by atoms with Crippen LogP contribution in [-0.2, 0) is 4.79 Å². The summed E-state index contributed by atoms with van der Waals surface area (Å²) < 4.78 is 12.2. The Kier molecular flexibility index (Phi) is 6.53. The first-order chi connectivity index (χ1) is 13.4. The molecule has 0 aliphatic carbocycles. The largest absolute Gasteiger partial charge is 0.482 e. The fourth-order valence-electron chi connectivity index (χ4n) is 2.89. The van der Waals surface area contributed by atoms with Gasteiger partial charge in [-0.05, 0) is 59.4 Å². The molecule has 0 bridgehead atoms. The molecule has 0 aromatic heterocycles. The first-order valence-corrected chi connectivity index (χ1v) is 10.0. The summed E-state index contributed by atoms with van der Waals surface area (Å²) in [6.45, 7) is 6.04. The third-order valence-electron chi connectivity index (χ3n) is 4.45. The van der Waals surface area contributed by atoms with Gasteiger partial charge in [0.1, 0.15) is 11.5 Å². The molecule has 0 saturated heterocycles. The number of halogens is 1. The number of hydrogen-bond donors (Lipinski definition) is 0. The molecule has 0 unspecified atom stereocenters. The van der Waals surface area contributed by atoms with Crippen LogP contribution < -0.4 is 9.47 Å². The smallest absolute Gasteiger partial charge is 0.349 e. The van der Waals surface area contributed by atoms with Crippen LogP contribution in [0.3, 0.4) is 0 Å². The number of carbonyl (C=O) groups excluding carboxylic acids is 1. The van der Waals surface area contributed by atoms with Crippen LogP contribution in [0.2, 0.25) is 0 Å². The van der Waals surface area contributed by atoms with E-state index in [0.29, 0.717) is 11.5 Å². The Hall–Kier alpha value is -2.59. The molecule has 0 fully saturated rings. The van der Waals surface area contributed by atoms with Gasteiger partial charge in [0.2, 0.25) is 0 Å². The van der Waals surface area contributed by atoms with Gasteiger partial charge in [-0.3, -0.25) is 0 Å². The molecular formula is C24H23BrO3. The molecule has 144 valence electrons. The SMILES string of the molecule is Cc1cc(OCC(=O)Oc2ccc(-c3ccccc3)cc2)c(C(C)C)cc1Br. The van der Waals surface area contributed by atoms with E-state index in [9.17, 15) is 4.79 Å². The minimum atomic E-state index is -0.428. The Labute approximate surface area is 174 Å². The zero-order valence-electron chi connectivity index (χ0n) is 16.2. The van der Waals surface area contributed by atoms with Gasteiger partial charge in [-0.15, -0.1) is 0 Å². The third kappa shape index (κ3) is 5.02. The fraction of sp³-hybridized carbons (Fsp3) is 0.208. The van der Waals surface area contributed by atoms with E-state index < -0.39 is 5.97 Å². The lowest BCUT2D eigenvalue weighted by Gasteiger charge is -2.15. The monoisotopic (exact) mass is 438 g/mol. The zero-order chi connectivity index (χ0) is 20.1. The minimum Gasteiger partial charge on any atom is -0.482 e. The van der Waals surface area contributed by atoms with E-state index >= 15 is 0 Å². The lowest BCUT2D eigenvalue weighted by atomic mass is 10.0. The van der Waals surface area contributed by atoms with Gasteiger partial charge in [-0.25, -0.2) is 4.79 Å². The van der Waals surface area contributed by atoms with E-state index in [2.05, 4.69) is 29.8 Å². The maximum atomic E-state index is 12.2. The molecule has 0 amide bonds. The van der Waals surface area contributed by atoms with Crippen molar-refractivity contribution in [2.45, 2.75) is 26.7 Å². The van der Waals surface area contributed by atoms with Crippen LogP contribution in [0.1, 0.15) is 30.9 Å². The third-order valence-corrected chi connectivity index (χ3v) is 5.31. The molecule has 0 aliphatic rings. The number of benzene rings is 3. The van der Waals surface area contributed by atoms with Crippen LogP contribution in [-0.4, -0.2) is 12.6 Å². The quantitative estimate of drug-likeness (QED) is 0.324. The number of hydrogen-bond acceptors (Lipinski definition) is 3. The summed E-state index contributed by atoms with van der Waals surface area (Å²) in [6, 6.07) is 21.5. The summed E-state index contributed by atoms with van der Waals surface area (Å²) in [5.41, 5.74) is 4.31. The lowest BCUT2D eigenvalue weighted by molar-refractivity contribution is -0.136. The Balaban J connectivity index is 1.63. The molecular weight excluding hydrogens is 416 g/mol. The number of carbonyl (C=O) groups is 1. The highest BCUT2D eigenvalue weighted by Crippen LogP contribution is 2.32. The van der Waals surface area contributed by atoms with E-state index in [0.717, 1.165) is 26.7 Å². The van der Waals surface area contributed by atoms with Crippen molar-refractivity contribution in [2.24, 2.45) is 0 Å². The Bertz CT molecular complexity index is 948. The molecule has 0 N–H and O–H groups in total. The van der Waals surface area contributed by atoms with Gasteiger partial charge in [-0.2, -0.15) is 0 Å². The highest BCUT2D eigenvalue weighted by atomic mass is 79.9. The average Bonchev–Trinajstić information content (AvgIpc) is 2.69. The van der Waals surface area contributed by atoms with Gasteiger partial charge in [0, 0.05) is 4.47 Å². The maximum Gasteiger partial charge on any atom is 0.349 e. The molecule has 0 atom stereocenters. The van der Waals surface area contributed by atoms with Crippen molar-refractivity contribution in [1.29, 1.82) is 0 Å². The van der Waals surface area contributed by atoms with Crippen LogP contribution in [0.5, 0.6) is 11.5 Å². The molecule has 0 heterocycles. The number of aryl methyl sites for hydroxylation is 1. The number of esters is 1. The van der Waals surface area contributed by atoms with Crippen LogP contribution in [0.15, 0.2) is 71.2 Å². The second-order valence-electron chi connectivity index (χ2n) is 6.95. The molecule has 3 aromatic carbocycles. The van der Waals surface area contributed by atoms with Gasteiger partial charge >= 0.3 is 5.97 Å². The molecule has 0 radical (unpaired) electrons. The van der Waals surface area contributed by atoms with Gasteiger partial charge in [-0.1, -0.05) is 72.2 Å². The number of ether oxygens (including phenoxy) is 2. The van der Waals surface area contributed by atoms with Crippen LogP contribution in [0.4, 0.5) is 0 Å². The van der Waals surface area contributed by atoms with E-state index in [1.54, 1.807) is 12.1 Å². The summed E-state index contributed by atoms with van der Waals surface area (Å²) in [5, 5.41) is 0. The Morgan fingerprint density at radius 1 is 0.964 bits per heavy atom.